The molecule has 236 valence electrons. The number of H-pyrrole nitrogens is 1. The minimum atomic E-state index is -0.461. The average molecular weight is 609 g/mol. The molecule has 5 rings (SSSR count). The number of fused-ring (bicyclic) bond motifs is 1. The molecule has 2 aliphatic rings. The summed E-state index contributed by atoms with van der Waals surface area (Å²) < 4.78 is 12.4. The number of aromatic nitrogens is 3. The molecule has 8 heteroatoms. The number of furan rings is 1. The van der Waals surface area contributed by atoms with Crippen LogP contribution in [-0.4, -0.2) is 32.8 Å². The van der Waals surface area contributed by atoms with Crippen LogP contribution in [0.25, 0.3) is 17.1 Å². The number of carbonyl (C=O) groups is 1. The molecule has 0 aliphatic carbocycles. The molecule has 0 fully saturated rings. The van der Waals surface area contributed by atoms with Gasteiger partial charge in [0.05, 0.1) is 24.1 Å². The summed E-state index contributed by atoms with van der Waals surface area (Å²) in [5, 5.41) is 2.83. The highest BCUT2D eigenvalue weighted by molar-refractivity contribution is 5.67. The third kappa shape index (κ3) is 9.20. The van der Waals surface area contributed by atoms with Gasteiger partial charge in [0.2, 0.25) is 0 Å². The van der Waals surface area contributed by atoms with Crippen LogP contribution in [0.4, 0.5) is 4.79 Å². The van der Waals surface area contributed by atoms with E-state index in [1.54, 1.807) is 10.8 Å². The van der Waals surface area contributed by atoms with Crippen LogP contribution in [-0.2, 0) is 24.0 Å². The molecule has 0 radical (unpaired) electrons. The van der Waals surface area contributed by atoms with Crippen LogP contribution in [0.15, 0.2) is 88.4 Å². The Hall–Kier alpha value is -4.59. The molecular weight excluding hydrogens is 564 g/mol. The molecule has 2 aromatic carbocycles. The Morgan fingerprint density at radius 1 is 0.889 bits per heavy atom. The lowest BCUT2D eigenvalue weighted by molar-refractivity contribution is 0.0527. The SMILES string of the molecule is CC(C)(C)OC(=O)NCCCCCCCCc1ccc(-c2cn3c(=O)c(Cc4ccco4)nc-3c(Cc3ccccc3)[nH]2)cc1. The first-order valence-electron chi connectivity index (χ1n) is 16.0. The lowest BCUT2D eigenvalue weighted by atomic mass is 10.0. The number of amides is 1. The number of aromatic amines is 1. The number of imidazole rings is 1. The van der Waals surface area contributed by atoms with Gasteiger partial charge in [-0.3, -0.25) is 9.36 Å². The number of hydrogen-bond acceptors (Lipinski definition) is 5. The second kappa shape index (κ2) is 14.9. The molecule has 1 aromatic heterocycles. The highest BCUT2D eigenvalue weighted by Gasteiger charge is 2.21. The summed E-state index contributed by atoms with van der Waals surface area (Å²) >= 11 is 0. The summed E-state index contributed by atoms with van der Waals surface area (Å²) in [4.78, 5) is 33.5. The summed E-state index contributed by atoms with van der Waals surface area (Å²) in [6, 6.07) is 22.5. The van der Waals surface area contributed by atoms with Gasteiger partial charge in [-0.2, -0.15) is 0 Å². The monoisotopic (exact) mass is 608 g/mol. The first kappa shape index (κ1) is 31.8. The summed E-state index contributed by atoms with van der Waals surface area (Å²) in [6.45, 7) is 6.26. The van der Waals surface area contributed by atoms with Crippen molar-refractivity contribution in [3.63, 3.8) is 0 Å². The van der Waals surface area contributed by atoms with Crippen molar-refractivity contribution in [3.05, 3.63) is 118 Å². The number of hydrogen-bond donors (Lipinski definition) is 2. The van der Waals surface area contributed by atoms with Crippen molar-refractivity contribution >= 4 is 6.09 Å². The molecule has 2 N–H and O–H groups in total. The quantitative estimate of drug-likeness (QED) is 0.125. The van der Waals surface area contributed by atoms with Crippen LogP contribution >= 0.6 is 0 Å². The maximum absolute atomic E-state index is 13.4. The van der Waals surface area contributed by atoms with E-state index < -0.39 is 5.60 Å². The fourth-order valence-electron chi connectivity index (χ4n) is 5.46. The van der Waals surface area contributed by atoms with Gasteiger partial charge in [0, 0.05) is 19.2 Å². The molecule has 0 saturated heterocycles. The van der Waals surface area contributed by atoms with E-state index in [2.05, 4.69) is 46.7 Å². The van der Waals surface area contributed by atoms with Gasteiger partial charge in [-0.1, -0.05) is 80.3 Å². The number of unbranched alkanes of at least 4 members (excludes halogenated alkanes) is 5. The first-order chi connectivity index (χ1) is 21.7. The van der Waals surface area contributed by atoms with E-state index in [9.17, 15) is 9.59 Å². The second-order valence-electron chi connectivity index (χ2n) is 12.6. The molecule has 2 aliphatic heterocycles. The van der Waals surface area contributed by atoms with Crippen LogP contribution in [0.3, 0.4) is 0 Å². The standard InChI is InChI=1S/C37H44N4O4/c1-37(2,3)45-36(43)38-22-12-7-5-4-6-9-14-27-18-20-29(21-19-27)33-26-41-34(31(39-33)24-28-15-10-8-11-16-28)40-32(35(41)42)25-30-17-13-23-44-30/h8,10-11,13,15-21,23,26,39H,4-7,9,12,14,22,24-25H2,1-3H3,(H,38,43). The number of aryl methyl sites for hydroxylation is 1. The van der Waals surface area contributed by atoms with Crippen molar-refractivity contribution in [2.45, 2.75) is 84.2 Å². The summed E-state index contributed by atoms with van der Waals surface area (Å²) in [5.74, 6) is 1.36. The maximum atomic E-state index is 13.4. The Morgan fingerprint density at radius 2 is 1.62 bits per heavy atom. The molecule has 3 aromatic rings. The second-order valence-corrected chi connectivity index (χ2v) is 12.6. The number of rotatable bonds is 14. The van der Waals surface area contributed by atoms with E-state index in [0.29, 0.717) is 36.7 Å². The van der Waals surface area contributed by atoms with Gasteiger partial charge in [-0.25, -0.2) is 9.78 Å². The lowest BCUT2D eigenvalue weighted by Gasteiger charge is -2.19. The Morgan fingerprint density at radius 3 is 2.33 bits per heavy atom. The van der Waals surface area contributed by atoms with Crippen LogP contribution < -0.4 is 10.9 Å². The fourth-order valence-corrected chi connectivity index (χ4v) is 5.46. The van der Waals surface area contributed by atoms with Gasteiger partial charge in [-0.15, -0.1) is 0 Å². The van der Waals surface area contributed by atoms with E-state index in [4.69, 9.17) is 14.1 Å². The summed E-state index contributed by atoms with van der Waals surface area (Å²) in [6.07, 6.45) is 11.9. The Kier molecular flexibility index (Phi) is 10.6. The first-order valence-corrected chi connectivity index (χ1v) is 16.0. The van der Waals surface area contributed by atoms with Gasteiger partial charge in [0.1, 0.15) is 17.1 Å². The summed E-state index contributed by atoms with van der Waals surface area (Å²) in [7, 11) is 0. The van der Waals surface area contributed by atoms with Gasteiger partial charge < -0.3 is 19.5 Å². The highest BCUT2D eigenvalue weighted by atomic mass is 16.6. The van der Waals surface area contributed by atoms with E-state index in [0.717, 1.165) is 54.6 Å². The molecule has 0 atom stereocenters. The van der Waals surface area contributed by atoms with Crippen molar-refractivity contribution in [2.75, 3.05) is 6.54 Å². The van der Waals surface area contributed by atoms with Crippen LogP contribution in [0, 0.1) is 0 Å². The Labute approximate surface area is 265 Å². The molecule has 45 heavy (non-hydrogen) atoms. The van der Waals surface area contributed by atoms with Crippen molar-refractivity contribution in [3.8, 4) is 17.1 Å². The van der Waals surface area contributed by atoms with Crippen molar-refractivity contribution in [1.82, 2.24) is 19.9 Å². The zero-order valence-corrected chi connectivity index (χ0v) is 26.6. The minimum absolute atomic E-state index is 0.123. The van der Waals surface area contributed by atoms with Gasteiger partial charge >= 0.3 is 6.09 Å². The number of alkyl carbamates (subject to hydrolysis) is 1. The zero-order valence-electron chi connectivity index (χ0n) is 26.6. The lowest BCUT2D eigenvalue weighted by Crippen LogP contribution is -2.32. The highest BCUT2D eigenvalue weighted by Crippen LogP contribution is 2.25. The molecule has 8 nitrogen and oxygen atoms in total. The smallest absolute Gasteiger partial charge is 0.407 e. The van der Waals surface area contributed by atoms with Gasteiger partial charge in [-0.05, 0) is 68.9 Å². The van der Waals surface area contributed by atoms with Gasteiger partial charge in [0.15, 0.2) is 5.82 Å². The predicted molar refractivity (Wildman–Crippen MR) is 177 cm³/mol. The van der Waals surface area contributed by atoms with E-state index >= 15 is 0 Å². The number of carbonyl (C=O) groups excluding carboxylic acids is 1. The maximum Gasteiger partial charge on any atom is 0.407 e. The molecule has 0 spiro atoms. The number of ether oxygens (including phenoxy) is 1. The van der Waals surface area contributed by atoms with Crippen LogP contribution in [0.1, 0.15) is 87.6 Å². The third-order valence-corrected chi connectivity index (χ3v) is 7.72. The largest absolute Gasteiger partial charge is 0.469 e. The molecule has 0 saturated carbocycles. The van der Waals surface area contributed by atoms with Gasteiger partial charge in [0.25, 0.3) is 5.56 Å². The van der Waals surface area contributed by atoms with E-state index in [-0.39, 0.29) is 11.7 Å². The van der Waals surface area contributed by atoms with Crippen molar-refractivity contribution < 1.29 is 13.9 Å². The molecule has 0 bridgehead atoms. The molecule has 0 unspecified atom stereocenters. The topological polar surface area (TPSA) is 102 Å². The minimum Gasteiger partial charge on any atom is -0.469 e. The predicted octanol–water partition coefficient (Wildman–Crippen LogP) is 7.85. The average Bonchev–Trinajstić information content (AvgIpc) is 3.64. The fraction of sp³-hybridized carbons (Fsp3) is 0.378. The van der Waals surface area contributed by atoms with E-state index in [1.165, 1.54) is 18.4 Å². The van der Waals surface area contributed by atoms with Crippen molar-refractivity contribution in [2.24, 2.45) is 0 Å². The molecular formula is C37H44N4O4. The zero-order chi connectivity index (χ0) is 31.6. The summed E-state index contributed by atoms with van der Waals surface area (Å²) in [5.41, 5.74) is 5.13. The van der Waals surface area contributed by atoms with Crippen molar-refractivity contribution in [1.29, 1.82) is 0 Å². The normalized spacial score (nSPS) is 11.6. The third-order valence-electron chi connectivity index (χ3n) is 7.72. The van der Waals surface area contributed by atoms with Crippen LogP contribution in [0.2, 0.25) is 0 Å². The molecule has 3 heterocycles. The number of benzene rings is 2. The van der Waals surface area contributed by atoms with E-state index in [1.807, 2.05) is 57.3 Å². The molecule has 1 amide bonds. The Balaban J connectivity index is 1.17. The Bertz CT molecular complexity index is 1660. The number of nitrogens with zero attached hydrogens (tertiary/aromatic N) is 2. The van der Waals surface area contributed by atoms with Crippen LogP contribution in [0.5, 0.6) is 0 Å². The number of nitrogens with one attached hydrogen (secondary N) is 2.